The van der Waals surface area contributed by atoms with Crippen molar-refractivity contribution in [2.45, 2.75) is 19.8 Å². The number of amides is 1. The number of hydrogen-bond acceptors (Lipinski definition) is 4. The maximum absolute atomic E-state index is 13.3. The quantitative estimate of drug-likeness (QED) is 0.316. The van der Waals surface area contributed by atoms with E-state index >= 15 is 0 Å². The van der Waals surface area contributed by atoms with Crippen LogP contribution in [0.15, 0.2) is 78.3 Å². The maximum Gasteiger partial charge on any atom is 0.231 e. The molecule has 4 nitrogen and oxygen atoms in total. The van der Waals surface area contributed by atoms with E-state index in [0.29, 0.717) is 11.6 Å². The number of halogens is 1. The molecule has 1 atom stereocenters. The predicted molar refractivity (Wildman–Crippen MR) is 128 cm³/mol. The lowest BCUT2D eigenvalue weighted by Gasteiger charge is -2.21. The van der Waals surface area contributed by atoms with Gasteiger partial charge in [0.1, 0.15) is 0 Å². The molecule has 0 spiro atoms. The summed E-state index contributed by atoms with van der Waals surface area (Å²) in [4.78, 5) is 23.4. The molecule has 4 rings (SSSR count). The van der Waals surface area contributed by atoms with E-state index in [-0.39, 0.29) is 11.8 Å². The molecule has 0 N–H and O–H groups in total. The highest BCUT2D eigenvalue weighted by Gasteiger charge is 2.24. The normalized spacial score (nSPS) is 11.8. The molecule has 2 aromatic heterocycles. The third kappa shape index (κ3) is 4.75. The molecule has 32 heavy (non-hydrogen) atoms. The predicted octanol–water partition coefficient (Wildman–Crippen LogP) is 6.24. The van der Waals surface area contributed by atoms with Gasteiger partial charge in [0, 0.05) is 35.7 Å². The summed E-state index contributed by atoms with van der Waals surface area (Å²) in [6, 6.07) is 21.0. The highest BCUT2D eigenvalue weighted by atomic mass is 32.1. The molecule has 2 heterocycles. The average Bonchev–Trinajstić information content (AvgIpc) is 3.33. The number of carbonyl (C=O) groups is 1. The Hall–Kier alpha value is -3.38. The lowest BCUT2D eigenvalue weighted by molar-refractivity contribution is -0.122. The standard InChI is InChI=1S/C26H24FN3OS/c1-3-19(15-18-9-5-4-6-10-18)25(31)30(2)26-29-23(17-32-26)22-12-8-7-11-21(22)20-13-14-24(27)28-16-20/h4-14,16-17,19H,3,15H2,1-2H3/t19-/m1/s1. The summed E-state index contributed by atoms with van der Waals surface area (Å²) in [6.07, 6.45) is 2.99. The summed E-state index contributed by atoms with van der Waals surface area (Å²) >= 11 is 1.44. The molecule has 1 amide bonds. The van der Waals surface area contributed by atoms with Gasteiger partial charge in [0.05, 0.1) is 5.69 Å². The van der Waals surface area contributed by atoms with E-state index in [2.05, 4.69) is 17.1 Å². The van der Waals surface area contributed by atoms with Gasteiger partial charge >= 0.3 is 0 Å². The molecule has 0 saturated heterocycles. The zero-order valence-corrected chi connectivity index (χ0v) is 18.8. The summed E-state index contributed by atoms with van der Waals surface area (Å²) in [7, 11) is 1.79. The minimum absolute atomic E-state index is 0.0632. The Labute approximate surface area is 191 Å². The number of aromatic nitrogens is 2. The molecular weight excluding hydrogens is 421 g/mol. The number of anilines is 1. The lowest BCUT2D eigenvalue weighted by atomic mass is 9.96. The molecule has 0 aliphatic carbocycles. The van der Waals surface area contributed by atoms with Gasteiger partial charge < -0.3 is 0 Å². The van der Waals surface area contributed by atoms with Crippen molar-refractivity contribution in [3.8, 4) is 22.4 Å². The number of nitrogens with zero attached hydrogens (tertiary/aromatic N) is 3. The molecule has 0 aliphatic heterocycles. The highest BCUT2D eigenvalue weighted by Crippen LogP contribution is 2.34. The van der Waals surface area contributed by atoms with Gasteiger partial charge in [0.15, 0.2) is 5.13 Å². The molecule has 0 bridgehead atoms. The van der Waals surface area contributed by atoms with Gasteiger partial charge in [-0.05, 0) is 36.1 Å². The van der Waals surface area contributed by atoms with Gasteiger partial charge in [-0.3, -0.25) is 9.69 Å². The van der Waals surface area contributed by atoms with Crippen LogP contribution >= 0.6 is 11.3 Å². The largest absolute Gasteiger partial charge is 0.291 e. The Kier molecular flexibility index (Phi) is 6.71. The van der Waals surface area contributed by atoms with Crippen LogP contribution in [0.2, 0.25) is 0 Å². The van der Waals surface area contributed by atoms with Crippen molar-refractivity contribution in [3.63, 3.8) is 0 Å². The van der Waals surface area contributed by atoms with Crippen molar-refractivity contribution in [3.05, 3.63) is 89.8 Å². The summed E-state index contributed by atoms with van der Waals surface area (Å²) in [5.41, 5.74) is 4.58. The fourth-order valence-corrected chi connectivity index (χ4v) is 4.50. The molecule has 2 aromatic carbocycles. The first-order chi connectivity index (χ1) is 15.6. The van der Waals surface area contributed by atoms with Crippen LogP contribution in [-0.2, 0) is 11.2 Å². The number of carbonyl (C=O) groups excluding carboxylic acids is 1. The van der Waals surface area contributed by atoms with Crippen LogP contribution in [0.25, 0.3) is 22.4 Å². The second kappa shape index (κ2) is 9.83. The Morgan fingerprint density at radius 2 is 1.75 bits per heavy atom. The first kappa shape index (κ1) is 21.8. The molecule has 162 valence electrons. The first-order valence-electron chi connectivity index (χ1n) is 10.5. The van der Waals surface area contributed by atoms with Gasteiger partial charge in [-0.2, -0.15) is 4.39 Å². The number of hydrogen-bond donors (Lipinski definition) is 0. The fraction of sp³-hybridized carbons (Fsp3) is 0.192. The third-order valence-corrected chi connectivity index (χ3v) is 6.44. The van der Waals surface area contributed by atoms with Gasteiger partial charge in [0.2, 0.25) is 11.9 Å². The molecule has 0 saturated carbocycles. The van der Waals surface area contributed by atoms with E-state index in [9.17, 15) is 9.18 Å². The lowest BCUT2D eigenvalue weighted by Crippen LogP contribution is -2.33. The van der Waals surface area contributed by atoms with Crippen molar-refractivity contribution in [1.82, 2.24) is 9.97 Å². The Bertz CT molecular complexity index is 1190. The molecule has 4 aromatic rings. The van der Waals surface area contributed by atoms with E-state index in [4.69, 9.17) is 4.98 Å². The molecular formula is C26H24FN3OS. The van der Waals surface area contributed by atoms with Gasteiger partial charge in [-0.25, -0.2) is 9.97 Å². The Morgan fingerprint density at radius 3 is 2.44 bits per heavy atom. The minimum atomic E-state index is -0.511. The van der Waals surface area contributed by atoms with Crippen molar-refractivity contribution in [2.24, 2.45) is 5.92 Å². The van der Waals surface area contributed by atoms with Crippen molar-refractivity contribution < 1.29 is 9.18 Å². The zero-order valence-electron chi connectivity index (χ0n) is 18.0. The second-order valence-electron chi connectivity index (χ2n) is 7.62. The summed E-state index contributed by atoms with van der Waals surface area (Å²) in [5.74, 6) is -0.552. The first-order valence-corrected chi connectivity index (χ1v) is 11.4. The van der Waals surface area contributed by atoms with Crippen molar-refractivity contribution in [1.29, 1.82) is 0 Å². The average molecular weight is 446 g/mol. The van der Waals surface area contributed by atoms with Crippen LogP contribution < -0.4 is 4.90 Å². The molecule has 6 heteroatoms. The number of thiazole rings is 1. The van der Waals surface area contributed by atoms with E-state index in [1.807, 2.05) is 54.8 Å². The zero-order chi connectivity index (χ0) is 22.5. The number of pyridine rings is 1. The van der Waals surface area contributed by atoms with E-state index in [1.165, 1.54) is 23.6 Å². The molecule has 0 fully saturated rings. The SMILES string of the molecule is CC[C@H](Cc1ccccc1)C(=O)N(C)c1nc(-c2ccccc2-c2ccc(F)nc2)cs1. The maximum atomic E-state index is 13.3. The third-order valence-electron chi connectivity index (χ3n) is 5.52. The monoisotopic (exact) mass is 445 g/mol. The van der Waals surface area contributed by atoms with E-state index in [0.717, 1.165) is 34.4 Å². The number of benzene rings is 2. The summed E-state index contributed by atoms with van der Waals surface area (Å²) in [5, 5.41) is 2.61. The van der Waals surface area contributed by atoms with Crippen molar-refractivity contribution in [2.75, 3.05) is 11.9 Å². The molecule has 0 radical (unpaired) electrons. The number of rotatable bonds is 7. The van der Waals surface area contributed by atoms with Crippen LogP contribution in [0, 0.1) is 11.9 Å². The van der Waals surface area contributed by atoms with Crippen LogP contribution in [0.3, 0.4) is 0 Å². The van der Waals surface area contributed by atoms with Crippen LogP contribution in [-0.4, -0.2) is 22.9 Å². The van der Waals surface area contributed by atoms with Gasteiger partial charge in [-0.1, -0.05) is 61.5 Å². The van der Waals surface area contributed by atoms with Crippen molar-refractivity contribution >= 4 is 22.4 Å². The van der Waals surface area contributed by atoms with Crippen LogP contribution in [0.1, 0.15) is 18.9 Å². The second-order valence-corrected chi connectivity index (χ2v) is 8.46. The van der Waals surface area contributed by atoms with E-state index < -0.39 is 5.95 Å². The molecule has 0 unspecified atom stereocenters. The van der Waals surface area contributed by atoms with Gasteiger partial charge in [0.25, 0.3) is 0 Å². The topological polar surface area (TPSA) is 46.1 Å². The Balaban J connectivity index is 1.57. The van der Waals surface area contributed by atoms with Crippen LogP contribution in [0.4, 0.5) is 9.52 Å². The highest BCUT2D eigenvalue weighted by molar-refractivity contribution is 7.14. The van der Waals surface area contributed by atoms with E-state index in [1.54, 1.807) is 18.0 Å². The fourth-order valence-electron chi connectivity index (χ4n) is 3.71. The Morgan fingerprint density at radius 1 is 1.03 bits per heavy atom. The smallest absolute Gasteiger partial charge is 0.231 e. The molecule has 0 aliphatic rings. The summed E-state index contributed by atoms with van der Waals surface area (Å²) < 4.78 is 13.3. The van der Waals surface area contributed by atoms with Crippen LogP contribution in [0.5, 0.6) is 0 Å². The minimum Gasteiger partial charge on any atom is -0.291 e. The summed E-state index contributed by atoms with van der Waals surface area (Å²) in [6.45, 7) is 2.04. The van der Waals surface area contributed by atoms with Gasteiger partial charge in [-0.15, -0.1) is 11.3 Å².